The fourth-order valence-electron chi connectivity index (χ4n) is 3.76. The molecule has 0 aromatic heterocycles. The fraction of sp³-hybridized carbons (Fsp3) is 0.0769. The second kappa shape index (κ2) is 8.91. The van der Waals surface area contributed by atoms with Crippen molar-refractivity contribution in [3.05, 3.63) is 97.1 Å². The average molecular weight is 432 g/mol. The van der Waals surface area contributed by atoms with Gasteiger partial charge in [-0.2, -0.15) is 0 Å². The first-order chi connectivity index (χ1) is 15.0. The molecule has 0 spiro atoms. The van der Waals surface area contributed by atoms with Gasteiger partial charge in [-0.3, -0.25) is 0 Å². The summed E-state index contributed by atoms with van der Waals surface area (Å²) in [5, 5.41) is 1.09. The van der Waals surface area contributed by atoms with Crippen LogP contribution in [0.3, 0.4) is 0 Å². The molecular formula is C26H25O4P. The summed E-state index contributed by atoms with van der Waals surface area (Å²) in [6.07, 6.45) is 0. The van der Waals surface area contributed by atoms with Gasteiger partial charge in [0.05, 0.1) is 0 Å². The van der Waals surface area contributed by atoms with Gasteiger partial charge in [-0.05, 0) is 0 Å². The van der Waals surface area contributed by atoms with Gasteiger partial charge in [0.2, 0.25) is 0 Å². The Morgan fingerprint density at radius 1 is 0.516 bits per heavy atom. The summed E-state index contributed by atoms with van der Waals surface area (Å²) in [5.41, 5.74) is 3.40. The van der Waals surface area contributed by atoms with Gasteiger partial charge >= 0.3 is 183 Å². The molecule has 0 saturated carbocycles. The molecule has 0 radical (unpaired) electrons. The molecule has 0 fully saturated rings. The second-order valence-corrected chi connectivity index (χ2v) is 9.64. The zero-order valence-corrected chi connectivity index (χ0v) is 18.4. The van der Waals surface area contributed by atoms with Crippen LogP contribution >= 0.6 is 7.72 Å². The van der Waals surface area contributed by atoms with Crippen LogP contribution in [0.1, 0.15) is 0 Å². The Balaban J connectivity index is 1.83. The van der Waals surface area contributed by atoms with E-state index >= 15 is 0 Å². The van der Waals surface area contributed by atoms with Gasteiger partial charge in [0.15, 0.2) is 0 Å². The Labute approximate surface area is 182 Å². The third-order valence-corrected chi connectivity index (χ3v) is 7.78. The number of rotatable bonds is 6. The van der Waals surface area contributed by atoms with Crippen molar-refractivity contribution in [1.29, 1.82) is 0 Å². The van der Waals surface area contributed by atoms with Gasteiger partial charge in [0.1, 0.15) is 0 Å². The predicted octanol–water partition coefficient (Wildman–Crippen LogP) is 4.55. The third kappa shape index (κ3) is 4.19. The van der Waals surface area contributed by atoms with Crippen molar-refractivity contribution in [2.75, 3.05) is 14.2 Å². The molecule has 5 heteroatoms. The van der Waals surface area contributed by atoms with Crippen LogP contribution in [-0.2, 0) is 0 Å². The minimum atomic E-state index is -4.02. The molecule has 4 nitrogen and oxygen atoms in total. The molecule has 31 heavy (non-hydrogen) atoms. The molecular weight excluding hydrogens is 407 g/mol. The van der Waals surface area contributed by atoms with E-state index < -0.39 is 7.72 Å². The summed E-state index contributed by atoms with van der Waals surface area (Å²) in [6, 6.07) is 30.1. The Morgan fingerprint density at radius 2 is 0.871 bits per heavy atom. The van der Waals surface area contributed by atoms with Crippen LogP contribution in [-0.4, -0.2) is 24.0 Å². The summed E-state index contributed by atoms with van der Waals surface area (Å²) in [6.45, 7) is 0. The van der Waals surface area contributed by atoms with Crippen molar-refractivity contribution in [1.82, 2.24) is 0 Å². The van der Waals surface area contributed by atoms with E-state index in [9.17, 15) is 9.79 Å². The molecule has 4 aromatic carbocycles. The van der Waals surface area contributed by atoms with Crippen molar-refractivity contribution in [2.45, 2.75) is 0 Å². The molecule has 2 N–H and O–H groups in total. The minimum absolute atomic E-state index is 0.543. The van der Waals surface area contributed by atoms with E-state index in [0.29, 0.717) is 10.6 Å². The van der Waals surface area contributed by atoms with E-state index in [1.807, 2.05) is 84.9 Å². The van der Waals surface area contributed by atoms with E-state index in [2.05, 4.69) is 0 Å². The second-order valence-electron chi connectivity index (χ2n) is 7.22. The van der Waals surface area contributed by atoms with E-state index in [0.717, 1.165) is 33.8 Å². The first-order valence-electron chi connectivity index (χ1n) is 9.97. The van der Waals surface area contributed by atoms with Crippen LogP contribution in [0.2, 0.25) is 0 Å². The van der Waals surface area contributed by atoms with Crippen LogP contribution in [0.5, 0.6) is 11.5 Å². The van der Waals surface area contributed by atoms with Gasteiger partial charge in [-0.15, -0.1) is 0 Å². The van der Waals surface area contributed by atoms with Crippen molar-refractivity contribution in [3.63, 3.8) is 0 Å². The van der Waals surface area contributed by atoms with Crippen molar-refractivity contribution in [2.24, 2.45) is 0 Å². The number of hydrogen-bond acceptors (Lipinski definition) is 4. The van der Waals surface area contributed by atoms with E-state index in [4.69, 9.17) is 9.47 Å². The van der Waals surface area contributed by atoms with Crippen molar-refractivity contribution >= 4 is 18.3 Å². The Hall–Kier alpha value is -3.17. The summed E-state index contributed by atoms with van der Waals surface area (Å²) in [4.78, 5) is 23.2. The maximum absolute atomic E-state index is 11.6. The summed E-state index contributed by atoms with van der Waals surface area (Å²) < 4.78 is 10.5. The van der Waals surface area contributed by atoms with Crippen molar-refractivity contribution < 1.29 is 19.3 Å². The van der Waals surface area contributed by atoms with E-state index in [-0.39, 0.29) is 0 Å². The number of hydrogen-bond donors (Lipinski definition) is 2. The molecule has 0 aliphatic carbocycles. The van der Waals surface area contributed by atoms with Crippen LogP contribution < -0.4 is 20.1 Å². The van der Waals surface area contributed by atoms with Crippen LogP contribution in [0, 0.1) is 0 Å². The molecule has 0 heterocycles. The van der Waals surface area contributed by atoms with E-state index in [1.165, 1.54) is 0 Å². The summed E-state index contributed by atoms with van der Waals surface area (Å²) in [7, 11) is -0.770. The molecule has 0 aliphatic rings. The van der Waals surface area contributed by atoms with Gasteiger partial charge in [0, 0.05) is 0 Å². The molecule has 0 aliphatic heterocycles. The van der Waals surface area contributed by atoms with Gasteiger partial charge in [-0.1, -0.05) is 0 Å². The molecule has 0 saturated heterocycles. The van der Waals surface area contributed by atoms with Crippen LogP contribution in [0.4, 0.5) is 0 Å². The van der Waals surface area contributed by atoms with E-state index in [1.54, 1.807) is 26.4 Å². The summed E-state index contributed by atoms with van der Waals surface area (Å²) in [5.74, 6) is 1.50. The molecule has 4 rings (SSSR count). The predicted molar refractivity (Wildman–Crippen MR) is 129 cm³/mol. The Kier molecular flexibility index (Phi) is 6.06. The quantitative estimate of drug-likeness (QED) is 0.439. The molecule has 0 unspecified atom stereocenters. The first-order valence-corrected chi connectivity index (χ1v) is 11.9. The average Bonchev–Trinajstić information content (AvgIpc) is 2.84. The molecule has 0 atom stereocenters. The standard InChI is InChI=1S/C26H25O4P/c1-29-21-15-11-19(12-16-21)23-7-3-5-9-25(23)31(27,28)26-10-6-4-8-24(26)20-13-17-22(30-2)18-14-20/h3-18,27-28,31H,1-2H3. The Morgan fingerprint density at radius 3 is 1.23 bits per heavy atom. The number of methoxy groups -OCH3 is 2. The van der Waals surface area contributed by atoms with Crippen molar-refractivity contribution in [3.8, 4) is 33.8 Å². The SMILES string of the molecule is COc1ccc(-c2ccccc2[PH](O)(O)c2ccccc2-c2ccc(OC)cc2)cc1. The number of ether oxygens (including phenoxy) is 2. The van der Waals surface area contributed by atoms with Crippen LogP contribution in [0.25, 0.3) is 22.3 Å². The topological polar surface area (TPSA) is 58.9 Å². The normalized spacial score (nSPS) is 11.7. The van der Waals surface area contributed by atoms with Gasteiger partial charge in [-0.25, -0.2) is 0 Å². The zero-order chi connectivity index (χ0) is 21.8. The zero-order valence-electron chi connectivity index (χ0n) is 17.4. The van der Waals surface area contributed by atoms with Gasteiger partial charge < -0.3 is 0 Å². The molecule has 0 amide bonds. The summed E-state index contributed by atoms with van der Waals surface area (Å²) >= 11 is 0. The first kappa shape index (κ1) is 21.1. The van der Waals surface area contributed by atoms with Gasteiger partial charge in [0.25, 0.3) is 0 Å². The third-order valence-electron chi connectivity index (χ3n) is 5.41. The fourth-order valence-corrected chi connectivity index (χ4v) is 5.92. The monoisotopic (exact) mass is 432 g/mol. The molecule has 0 bridgehead atoms. The molecule has 158 valence electrons. The maximum atomic E-state index is 11.6. The molecule has 4 aromatic rings. The van der Waals surface area contributed by atoms with Crippen LogP contribution in [0.15, 0.2) is 97.1 Å². The number of benzene rings is 4. The Bertz CT molecular complexity index is 1080.